The largest absolute Gasteiger partial charge is 0.342 e. The Balaban J connectivity index is 1.68. The zero-order chi connectivity index (χ0) is 15.4. The Hall–Kier alpha value is -2.16. The Labute approximate surface area is 132 Å². The Morgan fingerprint density at radius 2 is 2.14 bits per heavy atom. The summed E-state index contributed by atoms with van der Waals surface area (Å²) in [6.07, 6.45) is 6.22. The highest BCUT2D eigenvalue weighted by atomic mass is 16.2. The van der Waals surface area contributed by atoms with Crippen LogP contribution in [0.25, 0.3) is 0 Å². The fourth-order valence-electron chi connectivity index (χ4n) is 3.29. The van der Waals surface area contributed by atoms with Gasteiger partial charge in [0.15, 0.2) is 0 Å². The highest BCUT2D eigenvalue weighted by Gasteiger charge is 2.25. The summed E-state index contributed by atoms with van der Waals surface area (Å²) >= 11 is 0. The van der Waals surface area contributed by atoms with E-state index in [1.807, 2.05) is 17.0 Å². The lowest BCUT2D eigenvalue weighted by atomic mass is 9.88. The molecule has 114 valence electrons. The number of carbonyl (C=O) groups is 1. The van der Waals surface area contributed by atoms with Crippen molar-refractivity contribution < 1.29 is 4.79 Å². The van der Waals surface area contributed by atoms with Crippen LogP contribution in [0.1, 0.15) is 35.4 Å². The highest BCUT2D eigenvalue weighted by molar-refractivity contribution is 5.78. The van der Waals surface area contributed by atoms with Crippen molar-refractivity contribution in [2.45, 2.75) is 32.1 Å². The average Bonchev–Trinajstić information content (AvgIpc) is 2.56. The molecule has 0 radical (unpaired) electrons. The minimum atomic E-state index is 0.214. The lowest BCUT2D eigenvalue weighted by Gasteiger charge is -2.33. The summed E-state index contributed by atoms with van der Waals surface area (Å²) in [7, 11) is 0. The average molecular weight is 294 g/mol. The van der Waals surface area contributed by atoms with Crippen molar-refractivity contribution >= 4 is 5.91 Å². The van der Waals surface area contributed by atoms with Crippen molar-refractivity contribution in [2.75, 3.05) is 13.1 Å². The first-order chi connectivity index (χ1) is 10.7. The fourth-order valence-corrected chi connectivity index (χ4v) is 3.29. The third kappa shape index (κ3) is 3.35. The summed E-state index contributed by atoms with van der Waals surface area (Å²) in [5, 5.41) is 0. The number of nitrogens with zero attached hydrogens (tertiary/aromatic N) is 2. The predicted octanol–water partition coefficient (Wildman–Crippen LogP) is 3.34. The number of aromatic nitrogens is 1. The number of carbonyl (C=O) groups excluding carboxylic acids is 1. The normalized spacial score (nSPS) is 18.2. The van der Waals surface area contributed by atoms with Gasteiger partial charge in [-0.15, -0.1) is 0 Å². The molecule has 1 fully saturated rings. The fraction of sp³-hybridized carbons (Fsp3) is 0.368. The van der Waals surface area contributed by atoms with Crippen LogP contribution in [0.4, 0.5) is 0 Å². The molecule has 0 bridgehead atoms. The second-order valence-electron chi connectivity index (χ2n) is 6.07. The monoisotopic (exact) mass is 294 g/mol. The van der Waals surface area contributed by atoms with E-state index < -0.39 is 0 Å². The molecular formula is C19H22N2O. The van der Waals surface area contributed by atoms with E-state index in [1.165, 1.54) is 17.5 Å². The van der Waals surface area contributed by atoms with E-state index in [0.29, 0.717) is 12.3 Å². The molecule has 1 atom stereocenters. The van der Waals surface area contributed by atoms with Gasteiger partial charge in [0.2, 0.25) is 5.91 Å². The molecular weight excluding hydrogens is 272 g/mol. The van der Waals surface area contributed by atoms with Gasteiger partial charge in [-0.25, -0.2) is 0 Å². The SMILES string of the molecule is Cc1ccccc1C1CCCN(C(=O)Cc2cccnc2)C1. The van der Waals surface area contributed by atoms with Crippen LogP contribution in [0.3, 0.4) is 0 Å². The number of likely N-dealkylation sites (tertiary alicyclic amines) is 1. The molecule has 1 amide bonds. The van der Waals surface area contributed by atoms with Crippen molar-refractivity contribution in [2.24, 2.45) is 0 Å². The molecule has 1 aromatic carbocycles. The van der Waals surface area contributed by atoms with E-state index in [4.69, 9.17) is 0 Å². The molecule has 1 aliphatic rings. The molecule has 1 aliphatic heterocycles. The van der Waals surface area contributed by atoms with Crippen LogP contribution < -0.4 is 0 Å². The van der Waals surface area contributed by atoms with E-state index >= 15 is 0 Å². The van der Waals surface area contributed by atoms with E-state index in [2.05, 4.69) is 36.2 Å². The summed E-state index contributed by atoms with van der Waals surface area (Å²) in [6.45, 7) is 3.87. The third-order valence-corrected chi connectivity index (χ3v) is 4.48. The molecule has 2 aromatic rings. The molecule has 22 heavy (non-hydrogen) atoms. The molecule has 0 saturated carbocycles. The first-order valence-electron chi connectivity index (χ1n) is 7.96. The van der Waals surface area contributed by atoms with Crippen molar-refractivity contribution in [3.8, 4) is 0 Å². The minimum absolute atomic E-state index is 0.214. The summed E-state index contributed by atoms with van der Waals surface area (Å²) in [5.41, 5.74) is 3.71. The highest BCUT2D eigenvalue weighted by Crippen LogP contribution is 2.29. The number of benzene rings is 1. The van der Waals surface area contributed by atoms with Crippen molar-refractivity contribution in [1.29, 1.82) is 0 Å². The molecule has 0 spiro atoms. The molecule has 2 heterocycles. The summed E-state index contributed by atoms with van der Waals surface area (Å²) < 4.78 is 0. The molecule has 1 unspecified atom stereocenters. The number of hydrogen-bond acceptors (Lipinski definition) is 2. The van der Waals surface area contributed by atoms with Gasteiger partial charge < -0.3 is 4.90 Å². The van der Waals surface area contributed by atoms with E-state index in [-0.39, 0.29) is 5.91 Å². The third-order valence-electron chi connectivity index (χ3n) is 4.48. The summed E-state index contributed by atoms with van der Waals surface area (Å²) in [4.78, 5) is 18.6. The molecule has 3 nitrogen and oxygen atoms in total. The number of aryl methyl sites for hydroxylation is 1. The van der Waals surface area contributed by atoms with Gasteiger partial charge in [-0.3, -0.25) is 9.78 Å². The van der Waals surface area contributed by atoms with E-state index in [1.54, 1.807) is 12.4 Å². The first kappa shape index (κ1) is 14.8. The number of piperidine rings is 1. The number of rotatable bonds is 3. The van der Waals surface area contributed by atoms with Crippen LogP contribution in [0, 0.1) is 6.92 Å². The van der Waals surface area contributed by atoms with Gasteiger partial charge >= 0.3 is 0 Å². The second-order valence-corrected chi connectivity index (χ2v) is 6.07. The van der Waals surface area contributed by atoms with Crippen molar-refractivity contribution in [3.63, 3.8) is 0 Å². The van der Waals surface area contributed by atoms with Crippen LogP contribution in [0.2, 0.25) is 0 Å². The smallest absolute Gasteiger partial charge is 0.227 e. The van der Waals surface area contributed by atoms with Crippen LogP contribution in [-0.4, -0.2) is 28.9 Å². The Morgan fingerprint density at radius 1 is 1.27 bits per heavy atom. The van der Waals surface area contributed by atoms with Crippen molar-refractivity contribution in [1.82, 2.24) is 9.88 Å². The second kappa shape index (κ2) is 6.73. The number of amides is 1. The van der Waals surface area contributed by atoms with Gasteiger partial charge in [-0.2, -0.15) is 0 Å². The van der Waals surface area contributed by atoms with E-state index in [0.717, 1.165) is 25.1 Å². The lowest BCUT2D eigenvalue weighted by molar-refractivity contribution is -0.131. The molecule has 1 saturated heterocycles. The number of pyridine rings is 1. The molecule has 0 aliphatic carbocycles. The minimum Gasteiger partial charge on any atom is -0.342 e. The van der Waals surface area contributed by atoms with Crippen LogP contribution in [0.15, 0.2) is 48.8 Å². The van der Waals surface area contributed by atoms with Crippen LogP contribution in [0.5, 0.6) is 0 Å². The maximum Gasteiger partial charge on any atom is 0.227 e. The molecule has 1 aromatic heterocycles. The van der Waals surface area contributed by atoms with Gasteiger partial charge in [0.25, 0.3) is 0 Å². The Bertz CT molecular complexity index is 639. The molecule has 0 N–H and O–H groups in total. The lowest BCUT2D eigenvalue weighted by Crippen LogP contribution is -2.40. The van der Waals surface area contributed by atoms with Crippen LogP contribution in [-0.2, 0) is 11.2 Å². The van der Waals surface area contributed by atoms with Gasteiger partial charge in [-0.1, -0.05) is 30.3 Å². The zero-order valence-electron chi connectivity index (χ0n) is 13.0. The van der Waals surface area contributed by atoms with Gasteiger partial charge in [0.05, 0.1) is 6.42 Å². The van der Waals surface area contributed by atoms with Crippen LogP contribution >= 0.6 is 0 Å². The summed E-state index contributed by atoms with van der Waals surface area (Å²) in [6, 6.07) is 12.4. The molecule has 3 rings (SSSR count). The van der Waals surface area contributed by atoms with E-state index in [9.17, 15) is 4.79 Å². The maximum atomic E-state index is 12.5. The van der Waals surface area contributed by atoms with Gasteiger partial charge in [-0.05, 0) is 42.5 Å². The topological polar surface area (TPSA) is 33.2 Å². The Kier molecular flexibility index (Phi) is 4.52. The molecule has 3 heteroatoms. The predicted molar refractivity (Wildman–Crippen MR) is 87.7 cm³/mol. The maximum absolute atomic E-state index is 12.5. The number of hydrogen-bond donors (Lipinski definition) is 0. The summed E-state index contributed by atoms with van der Waals surface area (Å²) in [5.74, 6) is 0.680. The Morgan fingerprint density at radius 3 is 2.91 bits per heavy atom. The van der Waals surface area contributed by atoms with Gasteiger partial charge in [0, 0.05) is 31.4 Å². The quantitative estimate of drug-likeness (QED) is 0.870. The standard InChI is InChI=1S/C19H22N2O/c1-15-6-2-3-9-18(15)17-8-5-11-21(14-17)19(22)12-16-7-4-10-20-13-16/h2-4,6-7,9-10,13,17H,5,8,11-12,14H2,1H3. The first-order valence-corrected chi connectivity index (χ1v) is 7.96. The van der Waals surface area contributed by atoms with Gasteiger partial charge in [0.1, 0.15) is 0 Å². The van der Waals surface area contributed by atoms with Crippen molar-refractivity contribution in [3.05, 3.63) is 65.5 Å². The zero-order valence-corrected chi connectivity index (χ0v) is 13.0.